The zero-order valence-corrected chi connectivity index (χ0v) is 18.8. The molecular weight excluding hydrogens is 406 g/mol. The van der Waals surface area contributed by atoms with Crippen molar-refractivity contribution in [3.63, 3.8) is 0 Å². The summed E-state index contributed by atoms with van der Waals surface area (Å²) in [7, 11) is 1.75. The molecule has 0 aliphatic carbocycles. The molecule has 33 heavy (non-hydrogen) atoms. The molecule has 0 aromatic heterocycles. The van der Waals surface area contributed by atoms with Crippen molar-refractivity contribution in [2.45, 2.75) is 18.4 Å². The second-order valence-electron chi connectivity index (χ2n) is 8.81. The Morgan fingerprint density at radius 3 is 2.45 bits per heavy atom. The Morgan fingerprint density at radius 1 is 0.848 bits per heavy atom. The third-order valence-electron chi connectivity index (χ3n) is 6.95. The van der Waals surface area contributed by atoms with Gasteiger partial charge in [0.05, 0.1) is 7.11 Å². The lowest BCUT2D eigenvalue weighted by atomic mass is 9.82. The van der Waals surface area contributed by atoms with Crippen LogP contribution in [0.3, 0.4) is 0 Å². The molecule has 0 amide bonds. The fourth-order valence-electron chi connectivity index (χ4n) is 5.24. The van der Waals surface area contributed by atoms with Crippen LogP contribution in [0.5, 0.6) is 11.5 Å². The third kappa shape index (κ3) is 3.27. The lowest BCUT2D eigenvalue weighted by molar-refractivity contribution is 0.157. The van der Waals surface area contributed by atoms with Crippen molar-refractivity contribution < 1.29 is 9.47 Å². The predicted molar refractivity (Wildman–Crippen MR) is 135 cm³/mol. The SMILES string of the molecule is COc1cc(N2CCCC2)ccc1C1(c2ccccc2)C=Cc2c(ccc3ccccc23)O1. The van der Waals surface area contributed by atoms with E-state index in [1.54, 1.807) is 7.11 Å². The molecule has 2 aliphatic heterocycles. The lowest BCUT2D eigenvalue weighted by Gasteiger charge is -2.37. The van der Waals surface area contributed by atoms with Gasteiger partial charge in [0.1, 0.15) is 11.5 Å². The molecule has 1 saturated heterocycles. The van der Waals surface area contributed by atoms with E-state index in [4.69, 9.17) is 9.47 Å². The highest BCUT2D eigenvalue weighted by molar-refractivity contribution is 5.94. The van der Waals surface area contributed by atoms with Crippen LogP contribution in [-0.4, -0.2) is 20.2 Å². The third-order valence-corrected chi connectivity index (χ3v) is 6.95. The van der Waals surface area contributed by atoms with Crippen molar-refractivity contribution in [2.24, 2.45) is 0 Å². The second-order valence-corrected chi connectivity index (χ2v) is 8.81. The van der Waals surface area contributed by atoms with E-state index in [-0.39, 0.29) is 0 Å². The number of hydrogen-bond acceptors (Lipinski definition) is 3. The van der Waals surface area contributed by atoms with Gasteiger partial charge in [-0.05, 0) is 54.0 Å². The molecule has 1 unspecified atom stereocenters. The number of ether oxygens (including phenoxy) is 2. The monoisotopic (exact) mass is 433 g/mol. The topological polar surface area (TPSA) is 21.7 Å². The van der Waals surface area contributed by atoms with Crippen molar-refractivity contribution in [3.05, 3.63) is 108 Å². The van der Waals surface area contributed by atoms with Crippen molar-refractivity contribution in [3.8, 4) is 11.5 Å². The van der Waals surface area contributed by atoms with Crippen molar-refractivity contribution in [1.29, 1.82) is 0 Å². The number of nitrogens with zero attached hydrogens (tertiary/aromatic N) is 1. The number of anilines is 1. The van der Waals surface area contributed by atoms with Crippen LogP contribution in [0.15, 0.2) is 91.0 Å². The molecule has 0 saturated carbocycles. The van der Waals surface area contributed by atoms with Crippen LogP contribution in [-0.2, 0) is 5.60 Å². The Balaban J connectivity index is 1.53. The van der Waals surface area contributed by atoms with Crippen LogP contribution >= 0.6 is 0 Å². The van der Waals surface area contributed by atoms with E-state index in [2.05, 4.69) is 95.9 Å². The van der Waals surface area contributed by atoms with Crippen LogP contribution in [0.1, 0.15) is 29.5 Å². The number of hydrogen-bond donors (Lipinski definition) is 0. The molecule has 0 bridgehead atoms. The molecule has 3 nitrogen and oxygen atoms in total. The minimum Gasteiger partial charge on any atom is -0.496 e. The Kier molecular flexibility index (Phi) is 4.83. The molecule has 3 heteroatoms. The molecule has 0 N–H and O–H groups in total. The van der Waals surface area contributed by atoms with Crippen LogP contribution in [0.4, 0.5) is 5.69 Å². The molecule has 4 aromatic carbocycles. The van der Waals surface area contributed by atoms with Gasteiger partial charge >= 0.3 is 0 Å². The first-order valence-electron chi connectivity index (χ1n) is 11.7. The first-order valence-corrected chi connectivity index (χ1v) is 11.7. The van der Waals surface area contributed by atoms with E-state index in [0.29, 0.717) is 0 Å². The van der Waals surface area contributed by atoms with Gasteiger partial charge in [-0.2, -0.15) is 0 Å². The van der Waals surface area contributed by atoms with E-state index < -0.39 is 5.60 Å². The van der Waals surface area contributed by atoms with Crippen LogP contribution in [0, 0.1) is 0 Å². The highest BCUT2D eigenvalue weighted by Gasteiger charge is 2.40. The number of fused-ring (bicyclic) bond motifs is 3. The number of rotatable bonds is 4. The molecule has 0 radical (unpaired) electrons. The smallest absolute Gasteiger partial charge is 0.181 e. The van der Waals surface area contributed by atoms with Gasteiger partial charge in [0.25, 0.3) is 0 Å². The van der Waals surface area contributed by atoms with Crippen LogP contribution in [0.25, 0.3) is 16.8 Å². The van der Waals surface area contributed by atoms with Crippen molar-refractivity contribution in [1.82, 2.24) is 0 Å². The number of methoxy groups -OCH3 is 1. The second kappa shape index (κ2) is 8.00. The average Bonchev–Trinajstić information content (AvgIpc) is 3.43. The highest BCUT2D eigenvalue weighted by Crippen LogP contribution is 2.47. The largest absolute Gasteiger partial charge is 0.496 e. The summed E-state index contributed by atoms with van der Waals surface area (Å²) < 4.78 is 12.9. The molecule has 0 spiro atoms. The van der Waals surface area contributed by atoms with Gasteiger partial charge in [0.15, 0.2) is 5.60 Å². The summed E-state index contributed by atoms with van der Waals surface area (Å²) in [6.07, 6.45) is 6.88. The zero-order valence-electron chi connectivity index (χ0n) is 18.8. The first-order chi connectivity index (χ1) is 16.3. The molecule has 2 heterocycles. The van der Waals surface area contributed by atoms with E-state index in [0.717, 1.165) is 41.3 Å². The average molecular weight is 434 g/mol. The Morgan fingerprint density at radius 2 is 1.64 bits per heavy atom. The molecular formula is C30H27NO2. The number of benzene rings is 4. The fraction of sp³-hybridized carbons (Fsp3) is 0.200. The minimum absolute atomic E-state index is 0.772. The quantitative estimate of drug-likeness (QED) is 0.353. The highest BCUT2D eigenvalue weighted by atomic mass is 16.5. The zero-order chi connectivity index (χ0) is 22.3. The van der Waals surface area contributed by atoms with Gasteiger partial charge in [0.2, 0.25) is 0 Å². The van der Waals surface area contributed by atoms with Crippen molar-refractivity contribution in [2.75, 3.05) is 25.1 Å². The Hall–Kier alpha value is -3.72. The van der Waals surface area contributed by atoms with Gasteiger partial charge in [-0.3, -0.25) is 0 Å². The van der Waals surface area contributed by atoms with Gasteiger partial charge in [0, 0.05) is 41.5 Å². The maximum absolute atomic E-state index is 6.93. The van der Waals surface area contributed by atoms with Gasteiger partial charge < -0.3 is 14.4 Å². The molecule has 1 atom stereocenters. The first kappa shape index (κ1) is 19.9. The van der Waals surface area contributed by atoms with E-state index >= 15 is 0 Å². The summed E-state index contributed by atoms with van der Waals surface area (Å²) in [6.45, 7) is 2.20. The summed E-state index contributed by atoms with van der Waals surface area (Å²) >= 11 is 0. The summed E-state index contributed by atoms with van der Waals surface area (Å²) in [6, 6.07) is 29.7. The summed E-state index contributed by atoms with van der Waals surface area (Å²) in [5.41, 5.74) is 3.64. The molecule has 1 fully saturated rings. The van der Waals surface area contributed by atoms with E-state index in [1.165, 1.54) is 29.3 Å². The summed E-state index contributed by atoms with van der Waals surface area (Å²) in [4.78, 5) is 2.43. The maximum Gasteiger partial charge on any atom is 0.181 e. The molecule has 6 rings (SSSR count). The molecule has 4 aromatic rings. The minimum atomic E-state index is -0.772. The summed E-state index contributed by atoms with van der Waals surface area (Å²) in [5, 5.41) is 2.41. The molecule has 164 valence electrons. The Bertz CT molecular complexity index is 1340. The lowest BCUT2D eigenvalue weighted by Crippen LogP contribution is -2.35. The summed E-state index contributed by atoms with van der Waals surface area (Å²) in [5.74, 6) is 1.72. The normalized spacial score (nSPS) is 19.4. The van der Waals surface area contributed by atoms with Gasteiger partial charge in [-0.1, -0.05) is 60.7 Å². The predicted octanol–water partition coefficient (Wildman–Crippen LogP) is 6.80. The maximum atomic E-state index is 6.93. The van der Waals surface area contributed by atoms with Crippen LogP contribution < -0.4 is 14.4 Å². The van der Waals surface area contributed by atoms with Gasteiger partial charge in [-0.25, -0.2) is 0 Å². The molecule has 2 aliphatic rings. The van der Waals surface area contributed by atoms with Crippen LogP contribution in [0.2, 0.25) is 0 Å². The van der Waals surface area contributed by atoms with Crippen molar-refractivity contribution >= 4 is 22.5 Å². The standard InChI is InChI=1S/C30H27NO2/c1-32-29-21-24(31-19-7-8-20-31)14-15-27(29)30(23-10-3-2-4-11-23)18-17-26-25-12-6-5-9-22(25)13-16-28(26)33-30/h2-6,9-18,21H,7-8,19-20H2,1H3. The van der Waals surface area contributed by atoms with E-state index in [9.17, 15) is 0 Å². The van der Waals surface area contributed by atoms with E-state index in [1.807, 2.05) is 6.07 Å². The van der Waals surface area contributed by atoms with Gasteiger partial charge in [-0.15, -0.1) is 0 Å². The Labute approximate surface area is 194 Å². The fourth-order valence-corrected chi connectivity index (χ4v) is 5.24.